The number of hydrogen-bond acceptors (Lipinski definition) is 2. The molecular weight excluding hydrogens is 220 g/mol. The number of halogens is 1. The SMILES string of the molecule is CCCCCN(C)c1cc(Cl)c(N)cc1C. The molecule has 0 aliphatic carbocycles. The van der Waals surface area contributed by atoms with E-state index < -0.39 is 0 Å². The summed E-state index contributed by atoms with van der Waals surface area (Å²) in [6.45, 7) is 5.35. The standard InChI is InChI=1S/C13H21ClN2/c1-4-5-6-7-16(3)13-9-11(14)12(15)8-10(13)2/h8-9H,4-7,15H2,1-3H3. The second kappa shape index (κ2) is 6.00. The van der Waals surface area contributed by atoms with Gasteiger partial charge in [-0.25, -0.2) is 0 Å². The van der Waals surface area contributed by atoms with Crippen LogP contribution < -0.4 is 10.6 Å². The van der Waals surface area contributed by atoms with Crippen molar-refractivity contribution in [1.82, 2.24) is 0 Å². The van der Waals surface area contributed by atoms with Crippen molar-refractivity contribution in [2.24, 2.45) is 0 Å². The quantitative estimate of drug-likeness (QED) is 0.626. The van der Waals surface area contributed by atoms with Gasteiger partial charge in [-0.1, -0.05) is 31.4 Å². The zero-order chi connectivity index (χ0) is 12.1. The van der Waals surface area contributed by atoms with Crippen molar-refractivity contribution in [3.8, 4) is 0 Å². The van der Waals surface area contributed by atoms with E-state index in [0.29, 0.717) is 10.7 Å². The van der Waals surface area contributed by atoms with Crippen LogP contribution in [0.1, 0.15) is 31.7 Å². The molecule has 16 heavy (non-hydrogen) atoms. The highest BCUT2D eigenvalue weighted by molar-refractivity contribution is 6.33. The minimum absolute atomic E-state index is 0.642. The average Bonchev–Trinajstić information content (AvgIpc) is 2.23. The predicted octanol–water partition coefficient (Wildman–Crippen LogP) is 3.86. The van der Waals surface area contributed by atoms with Gasteiger partial charge in [0.15, 0.2) is 0 Å². The van der Waals surface area contributed by atoms with Gasteiger partial charge in [0, 0.05) is 19.3 Å². The predicted molar refractivity (Wildman–Crippen MR) is 73.4 cm³/mol. The van der Waals surface area contributed by atoms with E-state index in [1.54, 1.807) is 0 Å². The lowest BCUT2D eigenvalue weighted by Crippen LogP contribution is -2.19. The molecule has 0 saturated heterocycles. The molecule has 0 amide bonds. The van der Waals surface area contributed by atoms with Crippen LogP contribution in [0.25, 0.3) is 0 Å². The maximum absolute atomic E-state index is 6.04. The molecule has 0 saturated carbocycles. The Balaban J connectivity index is 2.75. The Morgan fingerprint density at radius 3 is 2.62 bits per heavy atom. The number of nitrogens with two attached hydrogens (primary N) is 1. The molecule has 0 radical (unpaired) electrons. The summed E-state index contributed by atoms with van der Waals surface area (Å²) in [6.07, 6.45) is 3.73. The van der Waals surface area contributed by atoms with Crippen molar-refractivity contribution in [3.63, 3.8) is 0 Å². The minimum atomic E-state index is 0.642. The fourth-order valence-corrected chi connectivity index (χ4v) is 1.98. The zero-order valence-corrected chi connectivity index (χ0v) is 11.1. The van der Waals surface area contributed by atoms with Crippen molar-refractivity contribution in [3.05, 3.63) is 22.7 Å². The zero-order valence-electron chi connectivity index (χ0n) is 10.4. The highest BCUT2D eigenvalue weighted by atomic mass is 35.5. The molecule has 0 aromatic heterocycles. The van der Waals surface area contributed by atoms with Crippen LogP contribution in [-0.4, -0.2) is 13.6 Å². The van der Waals surface area contributed by atoms with Gasteiger partial charge in [0.2, 0.25) is 0 Å². The lowest BCUT2D eigenvalue weighted by molar-refractivity contribution is 0.704. The summed E-state index contributed by atoms with van der Waals surface area (Å²) in [5.74, 6) is 0. The number of nitrogen functional groups attached to an aromatic ring is 1. The summed E-state index contributed by atoms with van der Waals surface area (Å²) >= 11 is 6.04. The molecule has 2 nitrogen and oxygen atoms in total. The summed E-state index contributed by atoms with van der Waals surface area (Å²) in [7, 11) is 2.10. The Hall–Kier alpha value is -0.890. The van der Waals surface area contributed by atoms with E-state index in [9.17, 15) is 0 Å². The van der Waals surface area contributed by atoms with E-state index in [2.05, 4.69) is 25.8 Å². The first-order valence-electron chi connectivity index (χ1n) is 5.83. The summed E-state index contributed by atoms with van der Waals surface area (Å²) in [4.78, 5) is 2.25. The van der Waals surface area contributed by atoms with E-state index in [0.717, 1.165) is 6.54 Å². The Morgan fingerprint density at radius 2 is 2.00 bits per heavy atom. The normalized spacial score (nSPS) is 10.5. The van der Waals surface area contributed by atoms with Crippen LogP contribution in [-0.2, 0) is 0 Å². The lowest BCUT2D eigenvalue weighted by Gasteiger charge is -2.22. The molecule has 0 fully saturated rings. The van der Waals surface area contributed by atoms with Gasteiger partial charge in [0.05, 0.1) is 10.7 Å². The molecule has 90 valence electrons. The van der Waals surface area contributed by atoms with Crippen LogP contribution in [0.4, 0.5) is 11.4 Å². The molecule has 0 bridgehead atoms. The summed E-state index contributed by atoms with van der Waals surface area (Å²) in [5, 5.41) is 0.642. The van der Waals surface area contributed by atoms with Gasteiger partial charge in [-0.05, 0) is 31.0 Å². The van der Waals surface area contributed by atoms with E-state index in [4.69, 9.17) is 17.3 Å². The summed E-state index contributed by atoms with van der Waals surface area (Å²) in [5.41, 5.74) is 8.78. The van der Waals surface area contributed by atoms with Crippen molar-refractivity contribution in [2.45, 2.75) is 33.1 Å². The van der Waals surface area contributed by atoms with E-state index in [1.165, 1.54) is 30.5 Å². The van der Waals surface area contributed by atoms with E-state index >= 15 is 0 Å². The average molecular weight is 241 g/mol. The molecular formula is C13H21ClN2. The summed E-state index contributed by atoms with van der Waals surface area (Å²) in [6, 6.07) is 3.89. The third kappa shape index (κ3) is 3.31. The number of aryl methyl sites for hydroxylation is 1. The van der Waals surface area contributed by atoms with E-state index in [-0.39, 0.29) is 0 Å². The van der Waals surface area contributed by atoms with Crippen LogP contribution in [0.15, 0.2) is 12.1 Å². The first-order chi connectivity index (χ1) is 7.56. The number of anilines is 2. The molecule has 3 heteroatoms. The third-order valence-corrected chi connectivity index (χ3v) is 3.15. The van der Waals surface area contributed by atoms with Gasteiger partial charge >= 0.3 is 0 Å². The van der Waals surface area contributed by atoms with Crippen LogP contribution >= 0.6 is 11.6 Å². The second-order valence-corrected chi connectivity index (χ2v) is 4.70. The van der Waals surface area contributed by atoms with Gasteiger partial charge in [0.25, 0.3) is 0 Å². The monoisotopic (exact) mass is 240 g/mol. The second-order valence-electron chi connectivity index (χ2n) is 4.29. The molecule has 0 unspecified atom stereocenters. The van der Waals surface area contributed by atoms with Gasteiger partial charge in [-0.2, -0.15) is 0 Å². The Kier molecular flexibility index (Phi) is 4.94. The van der Waals surface area contributed by atoms with Crippen LogP contribution in [0.3, 0.4) is 0 Å². The van der Waals surface area contributed by atoms with Crippen LogP contribution in [0.5, 0.6) is 0 Å². The molecule has 0 heterocycles. The highest BCUT2D eigenvalue weighted by Crippen LogP contribution is 2.28. The van der Waals surface area contributed by atoms with Gasteiger partial charge in [-0.15, -0.1) is 0 Å². The van der Waals surface area contributed by atoms with Gasteiger partial charge in [-0.3, -0.25) is 0 Å². The van der Waals surface area contributed by atoms with Gasteiger partial charge in [0.1, 0.15) is 0 Å². The van der Waals surface area contributed by atoms with Crippen LogP contribution in [0, 0.1) is 6.92 Å². The highest BCUT2D eigenvalue weighted by Gasteiger charge is 2.07. The fourth-order valence-electron chi connectivity index (χ4n) is 1.82. The smallest absolute Gasteiger partial charge is 0.0656 e. The number of benzene rings is 1. The topological polar surface area (TPSA) is 29.3 Å². The summed E-state index contributed by atoms with van der Waals surface area (Å²) < 4.78 is 0. The van der Waals surface area contributed by atoms with Crippen molar-refractivity contribution in [1.29, 1.82) is 0 Å². The van der Waals surface area contributed by atoms with Crippen LogP contribution in [0.2, 0.25) is 5.02 Å². The first kappa shape index (κ1) is 13.2. The third-order valence-electron chi connectivity index (χ3n) is 2.82. The maximum atomic E-state index is 6.04. The number of hydrogen-bond donors (Lipinski definition) is 1. The Morgan fingerprint density at radius 1 is 1.31 bits per heavy atom. The molecule has 0 aliphatic rings. The van der Waals surface area contributed by atoms with E-state index in [1.807, 2.05) is 12.1 Å². The Labute approximate surface area is 103 Å². The molecule has 2 N–H and O–H groups in total. The first-order valence-corrected chi connectivity index (χ1v) is 6.20. The Bertz CT molecular complexity index is 350. The van der Waals surface area contributed by atoms with Crippen molar-refractivity contribution < 1.29 is 0 Å². The molecule has 0 atom stereocenters. The molecule has 1 aromatic carbocycles. The number of nitrogens with zero attached hydrogens (tertiary/aromatic N) is 1. The lowest BCUT2D eigenvalue weighted by atomic mass is 10.1. The minimum Gasteiger partial charge on any atom is -0.398 e. The van der Waals surface area contributed by atoms with Crippen molar-refractivity contribution >= 4 is 23.0 Å². The largest absolute Gasteiger partial charge is 0.398 e. The maximum Gasteiger partial charge on any atom is 0.0656 e. The molecule has 0 aliphatic heterocycles. The van der Waals surface area contributed by atoms with Crippen molar-refractivity contribution in [2.75, 3.05) is 24.2 Å². The fraction of sp³-hybridized carbons (Fsp3) is 0.538. The molecule has 0 spiro atoms. The van der Waals surface area contributed by atoms with Gasteiger partial charge < -0.3 is 10.6 Å². The number of rotatable bonds is 5. The molecule has 1 rings (SSSR count). The number of unbranched alkanes of at least 4 members (excludes halogenated alkanes) is 2. The molecule has 1 aromatic rings.